The van der Waals surface area contributed by atoms with Crippen LogP contribution in [0.3, 0.4) is 0 Å². The second kappa shape index (κ2) is 6.55. The molecule has 3 aromatic rings. The summed E-state index contributed by atoms with van der Waals surface area (Å²) in [5.74, 6) is 0.288. The molecule has 2 aromatic heterocycles. The van der Waals surface area contributed by atoms with Crippen LogP contribution >= 0.6 is 28.1 Å². The summed E-state index contributed by atoms with van der Waals surface area (Å²) >= 11 is 8.55. The number of nitrogens with zero attached hydrogens (tertiary/aromatic N) is 3. The molecule has 0 spiro atoms. The molecule has 116 valence electrons. The van der Waals surface area contributed by atoms with Gasteiger partial charge < -0.3 is 4.42 Å². The van der Waals surface area contributed by atoms with Crippen LogP contribution in [0.2, 0.25) is 0 Å². The number of rotatable bonds is 4. The number of hydrogen-bond acceptors (Lipinski definition) is 5. The van der Waals surface area contributed by atoms with Gasteiger partial charge in [0.05, 0.1) is 0 Å². The molecular formula is C16H12BrN3O2S. The van der Waals surface area contributed by atoms with E-state index in [0.29, 0.717) is 11.5 Å². The van der Waals surface area contributed by atoms with Crippen LogP contribution in [-0.2, 0) is 0 Å². The number of pyridine rings is 1. The molecule has 0 amide bonds. The van der Waals surface area contributed by atoms with Gasteiger partial charge in [0, 0.05) is 28.0 Å². The molecule has 5 nitrogen and oxygen atoms in total. The lowest BCUT2D eigenvalue weighted by Gasteiger charge is -2.09. The molecule has 0 N–H and O–H groups in total. The van der Waals surface area contributed by atoms with Crippen molar-refractivity contribution in [3.63, 3.8) is 0 Å². The largest absolute Gasteiger partial charge is 0.409 e. The van der Waals surface area contributed by atoms with Gasteiger partial charge in [0.2, 0.25) is 5.89 Å². The molecule has 0 fully saturated rings. The lowest BCUT2D eigenvalue weighted by atomic mass is 10.1. The van der Waals surface area contributed by atoms with Crippen LogP contribution < -0.4 is 0 Å². The summed E-state index contributed by atoms with van der Waals surface area (Å²) in [6.07, 6.45) is 3.28. The van der Waals surface area contributed by atoms with Crippen molar-refractivity contribution in [2.75, 3.05) is 0 Å². The molecule has 2 heterocycles. The molecule has 1 aromatic carbocycles. The molecule has 23 heavy (non-hydrogen) atoms. The Morgan fingerprint density at radius 2 is 1.87 bits per heavy atom. The molecule has 0 aliphatic rings. The van der Waals surface area contributed by atoms with Crippen LogP contribution in [0.5, 0.6) is 0 Å². The third-order valence-corrected chi connectivity index (χ3v) is 4.17. The zero-order chi connectivity index (χ0) is 16.4. The number of carbonyl (C=O) groups is 1. The number of benzene rings is 1. The van der Waals surface area contributed by atoms with Crippen molar-refractivity contribution in [2.45, 2.75) is 13.0 Å². The number of hydrogen-bond donors (Lipinski definition) is 0. The van der Waals surface area contributed by atoms with E-state index >= 15 is 0 Å². The van der Waals surface area contributed by atoms with Gasteiger partial charge in [0.1, 0.15) is 6.04 Å². The maximum atomic E-state index is 12.6. The summed E-state index contributed by atoms with van der Waals surface area (Å²) in [5, 5.41) is 4.33. The molecule has 7 heteroatoms. The van der Waals surface area contributed by atoms with Crippen LogP contribution in [0.4, 0.5) is 0 Å². The fourth-order valence-electron chi connectivity index (χ4n) is 2.11. The quantitative estimate of drug-likeness (QED) is 0.486. The Morgan fingerprint density at radius 3 is 2.52 bits per heavy atom. The smallest absolute Gasteiger partial charge is 0.287 e. The minimum absolute atomic E-state index is 0.0804. The predicted molar refractivity (Wildman–Crippen MR) is 91.7 cm³/mol. The van der Waals surface area contributed by atoms with E-state index in [1.807, 2.05) is 12.1 Å². The zero-order valence-corrected chi connectivity index (χ0v) is 14.5. The first-order valence-corrected chi connectivity index (χ1v) is 8.06. The molecule has 1 atom stereocenters. The van der Waals surface area contributed by atoms with Crippen LogP contribution in [0, 0.1) is 4.84 Å². The van der Waals surface area contributed by atoms with Crippen LogP contribution in [0.1, 0.15) is 23.3 Å². The van der Waals surface area contributed by atoms with E-state index in [1.54, 1.807) is 43.6 Å². The third-order valence-electron chi connectivity index (χ3n) is 3.37. The van der Waals surface area contributed by atoms with Crippen molar-refractivity contribution >= 4 is 33.9 Å². The van der Waals surface area contributed by atoms with Gasteiger partial charge in [0.25, 0.3) is 4.84 Å². The van der Waals surface area contributed by atoms with Crippen molar-refractivity contribution in [3.8, 4) is 11.5 Å². The molecule has 0 aliphatic carbocycles. The van der Waals surface area contributed by atoms with Crippen molar-refractivity contribution in [1.29, 1.82) is 0 Å². The third kappa shape index (κ3) is 3.30. The van der Waals surface area contributed by atoms with E-state index < -0.39 is 6.04 Å². The van der Waals surface area contributed by atoms with Gasteiger partial charge in [0.15, 0.2) is 5.78 Å². The Bertz CT molecular complexity index is 888. The Hall–Kier alpha value is -2.12. The Balaban J connectivity index is 1.92. The standard InChI is InChI=1S/C16H12BrN3O2S/c1-10(14(21)11-2-4-13(17)5-3-11)20-16(23)22-15(19-20)12-6-8-18-9-7-12/h2-10H,1H3/t10-/m0/s1. The van der Waals surface area contributed by atoms with Gasteiger partial charge in [-0.05, 0) is 43.4 Å². The number of aromatic nitrogens is 3. The number of ketones is 1. The second-order valence-corrected chi connectivity index (χ2v) is 6.17. The molecule has 0 aliphatic heterocycles. The summed E-state index contributed by atoms with van der Waals surface area (Å²) in [4.78, 5) is 16.7. The molecular weight excluding hydrogens is 378 g/mol. The molecule has 0 saturated carbocycles. The molecule has 0 radical (unpaired) electrons. The normalized spacial score (nSPS) is 12.1. The average molecular weight is 390 g/mol. The average Bonchev–Trinajstić information content (AvgIpc) is 2.97. The molecule has 0 bridgehead atoms. The van der Waals surface area contributed by atoms with E-state index in [0.717, 1.165) is 10.0 Å². The molecule has 3 rings (SSSR count). The van der Waals surface area contributed by atoms with E-state index in [4.69, 9.17) is 16.6 Å². The van der Waals surface area contributed by atoms with Crippen molar-refractivity contribution < 1.29 is 9.21 Å². The highest BCUT2D eigenvalue weighted by molar-refractivity contribution is 9.10. The van der Waals surface area contributed by atoms with Crippen LogP contribution in [-0.4, -0.2) is 20.5 Å². The first kappa shape index (κ1) is 15.8. The summed E-state index contributed by atoms with van der Waals surface area (Å²) in [5.41, 5.74) is 1.35. The molecule has 0 saturated heterocycles. The number of carbonyl (C=O) groups excluding carboxylic acids is 1. The van der Waals surface area contributed by atoms with Crippen LogP contribution in [0.25, 0.3) is 11.5 Å². The zero-order valence-electron chi connectivity index (χ0n) is 12.1. The fraction of sp³-hybridized carbons (Fsp3) is 0.125. The highest BCUT2D eigenvalue weighted by atomic mass is 79.9. The van der Waals surface area contributed by atoms with Gasteiger partial charge in [-0.2, -0.15) is 0 Å². The van der Waals surface area contributed by atoms with Gasteiger partial charge in [-0.1, -0.05) is 28.1 Å². The maximum absolute atomic E-state index is 12.6. The summed E-state index contributed by atoms with van der Waals surface area (Å²) in [6, 6.07) is 10.2. The minimum Gasteiger partial charge on any atom is -0.409 e. The first-order valence-electron chi connectivity index (χ1n) is 6.86. The van der Waals surface area contributed by atoms with Gasteiger partial charge in [-0.3, -0.25) is 9.78 Å². The van der Waals surface area contributed by atoms with E-state index in [9.17, 15) is 4.79 Å². The predicted octanol–water partition coefficient (Wildman–Crippen LogP) is 4.47. The van der Waals surface area contributed by atoms with Crippen molar-refractivity contribution in [3.05, 3.63) is 63.7 Å². The monoisotopic (exact) mass is 389 g/mol. The maximum Gasteiger partial charge on any atom is 0.287 e. The van der Waals surface area contributed by atoms with E-state index in [-0.39, 0.29) is 10.6 Å². The van der Waals surface area contributed by atoms with E-state index in [2.05, 4.69) is 26.0 Å². The Kier molecular flexibility index (Phi) is 4.49. The topological polar surface area (TPSA) is 60.9 Å². The molecule has 0 unspecified atom stereocenters. The van der Waals surface area contributed by atoms with Crippen molar-refractivity contribution in [1.82, 2.24) is 14.8 Å². The highest BCUT2D eigenvalue weighted by Crippen LogP contribution is 2.21. The van der Waals surface area contributed by atoms with Gasteiger partial charge in [-0.25, -0.2) is 4.68 Å². The SMILES string of the molecule is C[C@@H](C(=O)c1ccc(Br)cc1)n1nc(-c2ccncc2)oc1=S. The Morgan fingerprint density at radius 1 is 1.22 bits per heavy atom. The summed E-state index contributed by atoms with van der Waals surface area (Å²) < 4.78 is 7.85. The summed E-state index contributed by atoms with van der Waals surface area (Å²) in [7, 11) is 0. The lowest BCUT2D eigenvalue weighted by Crippen LogP contribution is -2.18. The summed E-state index contributed by atoms with van der Waals surface area (Å²) in [6.45, 7) is 1.75. The minimum atomic E-state index is -0.553. The highest BCUT2D eigenvalue weighted by Gasteiger charge is 2.21. The van der Waals surface area contributed by atoms with Crippen LogP contribution in [0.15, 0.2) is 57.7 Å². The second-order valence-electron chi connectivity index (χ2n) is 4.90. The lowest BCUT2D eigenvalue weighted by molar-refractivity contribution is 0.0925. The number of Topliss-reactive ketones (excluding diaryl/α,β-unsaturated/α-hetero) is 1. The Labute approximate surface area is 146 Å². The van der Waals surface area contributed by atoms with Crippen molar-refractivity contribution in [2.24, 2.45) is 0 Å². The van der Waals surface area contributed by atoms with Gasteiger partial charge in [-0.15, -0.1) is 5.10 Å². The fourth-order valence-corrected chi connectivity index (χ4v) is 2.65. The number of halogens is 1. The first-order chi connectivity index (χ1) is 11.1. The van der Waals surface area contributed by atoms with E-state index in [1.165, 1.54) is 4.68 Å². The van der Waals surface area contributed by atoms with Gasteiger partial charge >= 0.3 is 0 Å².